The fraction of sp³-hybridized carbons (Fsp3) is 0.242. The van der Waals surface area contributed by atoms with Gasteiger partial charge in [0.05, 0.1) is 23.0 Å². The number of fused-ring (bicyclic) bond motifs is 1. The van der Waals surface area contributed by atoms with Gasteiger partial charge in [0.25, 0.3) is 0 Å². The SMILES string of the molecule is CCC(CC)(c1ccc(COc2ccc(-c3c4cccc(C(F)(F)F)c4nn3Cc3ccccc3)cc2)cc1)P(=O)(O)O. The summed E-state index contributed by atoms with van der Waals surface area (Å²) in [5.41, 5.74) is 2.72. The Balaban J connectivity index is 1.40. The van der Waals surface area contributed by atoms with E-state index in [1.807, 2.05) is 30.3 Å². The zero-order valence-electron chi connectivity index (χ0n) is 23.8. The van der Waals surface area contributed by atoms with E-state index < -0.39 is 24.5 Å². The Kier molecular flexibility index (Phi) is 8.52. The second kappa shape index (κ2) is 12.0. The van der Waals surface area contributed by atoms with Crippen molar-refractivity contribution in [2.75, 3.05) is 0 Å². The van der Waals surface area contributed by atoms with E-state index in [0.29, 0.717) is 47.3 Å². The highest BCUT2D eigenvalue weighted by molar-refractivity contribution is 7.53. The molecule has 0 saturated heterocycles. The quantitative estimate of drug-likeness (QED) is 0.155. The Morgan fingerprint density at radius 2 is 1.47 bits per heavy atom. The van der Waals surface area contributed by atoms with Gasteiger partial charge in [0, 0.05) is 10.9 Å². The summed E-state index contributed by atoms with van der Waals surface area (Å²) in [6.45, 7) is 4.08. The minimum absolute atomic E-state index is 0.0985. The van der Waals surface area contributed by atoms with Gasteiger partial charge in [0.1, 0.15) is 17.9 Å². The van der Waals surface area contributed by atoms with Crippen molar-refractivity contribution in [3.05, 3.63) is 119 Å². The monoisotopic (exact) mass is 608 g/mol. The van der Waals surface area contributed by atoms with Crippen LogP contribution in [-0.4, -0.2) is 19.6 Å². The van der Waals surface area contributed by atoms with Crippen molar-refractivity contribution in [2.24, 2.45) is 0 Å². The lowest BCUT2D eigenvalue weighted by Gasteiger charge is -2.33. The zero-order chi connectivity index (χ0) is 30.8. The Morgan fingerprint density at radius 3 is 2.05 bits per heavy atom. The fourth-order valence-electron chi connectivity index (χ4n) is 5.58. The van der Waals surface area contributed by atoms with Crippen LogP contribution in [0.4, 0.5) is 13.2 Å². The molecule has 6 nitrogen and oxygen atoms in total. The molecule has 0 atom stereocenters. The summed E-state index contributed by atoms with van der Waals surface area (Å²) < 4.78 is 61.4. The molecular weight excluding hydrogens is 576 g/mol. The van der Waals surface area contributed by atoms with Gasteiger partial charge in [-0.15, -0.1) is 0 Å². The summed E-state index contributed by atoms with van der Waals surface area (Å²) >= 11 is 0. The van der Waals surface area contributed by atoms with Gasteiger partial charge < -0.3 is 14.5 Å². The number of rotatable bonds is 10. The zero-order valence-corrected chi connectivity index (χ0v) is 24.6. The summed E-state index contributed by atoms with van der Waals surface area (Å²) in [5.74, 6) is 0.564. The summed E-state index contributed by atoms with van der Waals surface area (Å²) in [6, 6.07) is 27.7. The van der Waals surface area contributed by atoms with E-state index in [1.54, 1.807) is 73.1 Å². The van der Waals surface area contributed by atoms with Crippen molar-refractivity contribution in [3.8, 4) is 17.0 Å². The first-order valence-corrected chi connectivity index (χ1v) is 15.6. The molecule has 5 rings (SSSR count). The first-order chi connectivity index (χ1) is 20.5. The number of ether oxygens (including phenoxy) is 1. The molecule has 0 aliphatic carbocycles. The second-order valence-corrected chi connectivity index (χ2v) is 12.4. The number of alkyl halides is 3. The number of nitrogens with zero attached hydrogens (tertiary/aromatic N) is 2. The number of hydrogen-bond acceptors (Lipinski definition) is 3. The predicted molar refractivity (Wildman–Crippen MR) is 161 cm³/mol. The molecule has 0 saturated carbocycles. The molecule has 0 aliphatic heterocycles. The van der Waals surface area contributed by atoms with Crippen LogP contribution in [0.3, 0.4) is 0 Å². The predicted octanol–water partition coefficient (Wildman–Crippen LogP) is 8.54. The van der Waals surface area contributed by atoms with E-state index >= 15 is 0 Å². The maximum Gasteiger partial charge on any atom is 0.418 e. The largest absolute Gasteiger partial charge is 0.489 e. The smallest absolute Gasteiger partial charge is 0.418 e. The van der Waals surface area contributed by atoms with Gasteiger partial charge in [-0.25, -0.2) is 0 Å². The molecule has 0 radical (unpaired) electrons. The second-order valence-electron chi connectivity index (χ2n) is 10.5. The summed E-state index contributed by atoms with van der Waals surface area (Å²) in [4.78, 5) is 20.0. The van der Waals surface area contributed by atoms with Crippen molar-refractivity contribution >= 4 is 18.5 Å². The molecule has 224 valence electrons. The molecule has 0 unspecified atom stereocenters. The third-order valence-corrected chi connectivity index (χ3v) is 10.0. The van der Waals surface area contributed by atoms with Crippen molar-refractivity contribution in [1.82, 2.24) is 9.78 Å². The molecule has 0 amide bonds. The van der Waals surface area contributed by atoms with Crippen LogP contribution in [0.1, 0.15) is 48.9 Å². The summed E-state index contributed by atoms with van der Waals surface area (Å²) in [7, 11) is -4.38. The van der Waals surface area contributed by atoms with Crippen molar-refractivity contribution in [2.45, 2.75) is 51.2 Å². The molecule has 1 heterocycles. The molecule has 10 heteroatoms. The summed E-state index contributed by atoms with van der Waals surface area (Å²) in [5, 5.41) is 3.60. The maximum absolute atomic E-state index is 13.8. The third kappa shape index (κ3) is 6.11. The number of halogens is 3. The van der Waals surface area contributed by atoms with E-state index in [4.69, 9.17) is 4.74 Å². The Hall–Kier alpha value is -3.91. The van der Waals surface area contributed by atoms with Crippen LogP contribution in [-0.2, 0) is 29.0 Å². The van der Waals surface area contributed by atoms with Crippen LogP contribution in [0.15, 0.2) is 97.1 Å². The van der Waals surface area contributed by atoms with Crippen LogP contribution in [0.25, 0.3) is 22.2 Å². The highest BCUT2D eigenvalue weighted by Gasteiger charge is 2.45. The van der Waals surface area contributed by atoms with E-state index in [1.165, 1.54) is 6.07 Å². The molecule has 5 aromatic rings. The molecule has 0 bridgehead atoms. The topological polar surface area (TPSA) is 84.6 Å². The van der Waals surface area contributed by atoms with Gasteiger partial charge in [-0.05, 0) is 59.9 Å². The number of benzene rings is 4. The highest BCUT2D eigenvalue weighted by Crippen LogP contribution is 2.60. The average Bonchev–Trinajstić information content (AvgIpc) is 3.35. The third-order valence-electron chi connectivity index (χ3n) is 8.00. The molecule has 4 aromatic carbocycles. The Morgan fingerprint density at radius 1 is 0.814 bits per heavy atom. The standard InChI is InChI=1S/C33H32F3N2O4P/c1-3-32(4-2,43(39,40)41)26-17-13-24(14-18-26)22-42-27-19-15-25(16-20-27)31-28-11-8-12-29(33(34,35)36)30(28)37-38(31)21-23-9-6-5-7-10-23/h5-20H,3-4,21-22H2,1-2H3,(H2,39,40,41). The first-order valence-electron chi connectivity index (χ1n) is 14.0. The van der Waals surface area contributed by atoms with Crippen LogP contribution in [0.5, 0.6) is 5.75 Å². The van der Waals surface area contributed by atoms with E-state index in [-0.39, 0.29) is 12.1 Å². The highest BCUT2D eigenvalue weighted by atomic mass is 31.2. The molecule has 0 aliphatic rings. The van der Waals surface area contributed by atoms with Gasteiger partial charge in [-0.3, -0.25) is 9.25 Å². The lowest BCUT2D eigenvalue weighted by atomic mass is 9.92. The molecule has 43 heavy (non-hydrogen) atoms. The van der Waals surface area contributed by atoms with Gasteiger partial charge in [-0.1, -0.05) is 80.6 Å². The maximum atomic E-state index is 13.8. The normalized spacial score (nSPS) is 12.5. The van der Waals surface area contributed by atoms with E-state index in [2.05, 4.69) is 5.10 Å². The van der Waals surface area contributed by atoms with E-state index in [9.17, 15) is 27.5 Å². The molecule has 0 fully saturated rings. The molecule has 2 N–H and O–H groups in total. The van der Waals surface area contributed by atoms with E-state index in [0.717, 1.165) is 17.2 Å². The molecule has 0 spiro atoms. The molecule has 1 aromatic heterocycles. The summed E-state index contributed by atoms with van der Waals surface area (Å²) in [6.07, 6.45) is -3.91. The van der Waals surface area contributed by atoms with Crippen LogP contribution < -0.4 is 4.74 Å². The van der Waals surface area contributed by atoms with Crippen LogP contribution in [0.2, 0.25) is 0 Å². The van der Waals surface area contributed by atoms with Gasteiger partial charge in [0.15, 0.2) is 0 Å². The Labute approximate surface area is 247 Å². The molecular formula is C33H32F3N2O4P. The minimum Gasteiger partial charge on any atom is -0.489 e. The Bertz CT molecular complexity index is 1740. The first kappa shape index (κ1) is 30.5. The van der Waals surface area contributed by atoms with Crippen molar-refractivity contribution in [3.63, 3.8) is 0 Å². The van der Waals surface area contributed by atoms with Gasteiger partial charge >= 0.3 is 13.8 Å². The fourth-order valence-corrected chi connectivity index (χ4v) is 6.89. The lowest BCUT2D eigenvalue weighted by molar-refractivity contribution is -0.136. The van der Waals surface area contributed by atoms with Crippen LogP contribution >= 0.6 is 7.60 Å². The van der Waals surface area contributed by atoms with Gasteiger partial charge in [-0.2, -0.15) is 18.3 Å². The average molecular weight is 609 g/mol. The number of hydrogen-bond donors (Lipinski definition) is 2. The van der Waals surface area contributed by atoms with Crippen LogP contribution in [0, 0.1) is 0 Å². The van der Waals surface area contributed by atoms with Gasteiger partial charge in [0.2, 0.25) is 0 Å². The van der Waals surface area contributed by atoms with Crippen molar-refractivity contribution in [1.29, 1.82) is 0 Å². The number of aromatic nitrogens is 2. The lowest BCUT2D eigenvalue weighted by Crippen LogP contribution is -2.24. The van der Waals surface area contributed by atoms with Crippen molar-refractivity contribution < 1.29 is 32.3 Å². The minimum atomic E-state index is -4.54.